The van der Waals surface area contributed by atoms with Crippen LogP contribution in [0.2, 0.25) is 0 Å². The molecule has 1 atom stereocenters. The lowest BCUT2D eigenvalue weighted by Crippen LogP contribution is -2.41. The molecule has 1 aliphatic heterocycles. The third-order valence-corrected chi connectivity index (χ3v) is 4.22. The number of nitrogens with one attached hydrogen (secondary N) is 1. The van der Waals surface area contributed by atoms with Gasteiger partial charge in [0, 0.05) is 6.54 Å². The lowest BCUT2D eigenvalue weighted by atomic mass is 9.96. The molecule has 0 unspecified atom stereocenters. The van der Waals surface area contributed by atoms with Crippen LogP contribution in [0.5, 0.6) is 0 Å². The molecule has 122 valence electrons. The molecular formula is C16H24FN3O2. The van der Waals surface area contributed by atoms with E-state index in [1.807, 2.05) is 0 Å². The van der Waals surface area contributed by atoms with Crippen molar-refractivity contribution in [3.8, 4) is 0 Å². The van der Waals surface area contributed by atoms with Crippen molar-refractivity contribution in [1.82, 2.24) is 10.2 Å². The predicted molar refractivity (Wildman–Crippen MR) is 82.6 cm³/mol. The molecule has 1 aliphatic rings. The molecular weight excluding hydrogens is 285 g/mol. The zero-order valence-corrected chi connectivity index (χ0v) is 12.7. The quantitative estimate of drug-likeness (QED) is 0.691. The number of carbonyl (C=O) groups is 1. The zero-order valence-electron chi connectivity index (χ0n) is 12.7. The Morgan fingerprint density at radius 1 is 1.36 bits per heavy atom. The highest BCUT2D eigenvalue weighted by Crippen LogP contribution is 2.19. The van der Waals surface area contributed by atoms with Crippen LogP contribution in [0.1, 0.15) is 24.4 Å². The van der Waals surface area contributed by atoms with Gasteiger partial charge in [-0.25, -0.2) is 4.39 Å². The van der Waals surface area contributed by atoms with Crippen LogP contribution in [0.3, 0.4) is 0 Å². The number of primary amides is 1. The van der Waals surface area contributed by atoms with Crippen molar-refractivity contribution < 1.29 is 14.3 Å². The van der Waals surface area contributed by atoms with Crippen molar-refractivity contribution in [3.05, 3.63) is 35.6 Å². The SMILES string of the molecule is NC(=O)[C@H](NCC1CCN(CCO)CC1)c1ccc(F)cc1. The minimum Gasteiger partial charge on any atom is -0.395 e. The summed E-state index contributed by atoms with van der Waals surface area (Å²) in [6.45, 7) is 3.55. The Morgan fingerprint density at radius 2 is 2.00 bits per heavy atom. The Labute approximate surface area is 130 Å². The summed E-state index contributed by atoms with van der Waals surface area (Å²) in [5.74, 6) is -0.301. The van der Waals surface area contributed by atoms with Gasteiger partial charge in [0.15, 0.2) is 0 Å². The van der Waals surface area contributed by atoms with E-state index in [4.69, 9.17) is 10.8 Å². The molecule has 6 heteroatoms. The van der Waals surface area contributed by atoms with Gasteiger partial charge in [0.25, 0.3) is 0 Å². The van der Waals surface area contributed by atoms with Crippen molar-refractivity contribution in [2.75, 3.05) is 32.8 Å². The molecule has 1 amide bonds. The Hall–Kier alpha value is -1.50. The first-order valence-corrected chi connectivity index (χ1v) is 7.71. The summed E-state index contributed by atoms with van der Waals surface area (Å²) in [7, 11) is 0. The minimum absolute atomic E-state index is 0.192. The monoisotopic (exact) mass is 309 g/mol. The highest BCUT2D eigenvalue weighted by atomic mass is 19.1. The summed E-state index contributed by atoms with van der Waals surface area (Å²) < 4.78 is 13.0. The Bertz CT molecular complexity index is 473. The number of carbonyl (C=O) groups excluding carboxylic acids is 1. The van der Waals surface area contributed by atoms with E-state index in [-0.39, 0.29) is 12.4 Å². The van der Waals surface area contributed by atoms with Crippen LogP contribution in [-0.2, 0) is 4.79 Å². The number of nitrogens with zero attached hydrogens (tertiary/aromatic N) is 1. The fourth-order valence-electron chi connectivity index (χ4n) is 2.88. The fourth-order valence-corrected chi connectivity index (χ4v) is 2.88. The van der Waals surface area contributed by atoms with Crippen molar-refractivity contribution >= 4 is 5.91 Å². The summed E-state index contributed by atoms with van der Waals surface area (Å²) >= 11 is 0. The number of piperidine rings is 1. The second-order valence-electron chi connectivity index (χ2n) is 5.80. The van der Waals surface area contributed by atoms with Crippen LogP contribution in [0.4, 0.5) is 4.39 Å². The number of amides is 1. The molecule has 0 radical (unpaired) electrons. The standard InChI is InChI=1S/C16H24FN3O2/c17-14-3-1-13(2-4-14)15(16(18)22)19-11-12-5-7-20(8-6-12)9-10-21/h1-4,12,15,19,21H,5-11H2,(H2,18,22)/t15-/m1/s1. The molecule has 1 fully saturated rings. The van der Waals surface area contributed by atoms with E-state index >= 15 is 0 Å². The molecule has 0 aliphatic carbocycles. The number of hydrogen-bond acceptors (Lipinski definition) is 4. The normalized spacial score (nSPS) is 18.3. The van der Waals surface area contributed by atoms with E-state index in [0.717, 1.165) is 32.5 Å². The van der Waals surface area contributed by atoms with Crippen LogP contribution in [0.15, 0.2) is 24.3 Å². The third-order valence-electron chi connectivity index (χ3n) is 4.22. The number of halogens is 1. The fraction of sp³-hybridized carbons (Fsp3) is 0.562. The summed E-state index contributed by atoms with van der Waals surface area (Å²) in [6.07, 6.45) is 2.06. The van der Waals surface area contributed by atoms with Crippen LogP contribution >= 0.6 is 0 Å². The predicted octanol–water partition coefficient (Wildman–Crippen LogP) is 0.646. The Balaban J connectivity index is 1.85. The Kier molecular flexibility index (Phi) is 6.30. The topological polar surface area (TPSA) is 78.6 Å². The minimum atomic E-state index is -0.587. The van der Waals surface area contributed by atoms with Crippen molar-refractivity contribution in [2.45, 2.75) is 18.9 Å². The third kappa shape index (κ3) is 4.76. The van der Waals surface area contributed by atoms with Gasteiger partial charge in [0.05, 0.1) is 6.61 Å². The zero-order chi connectivity index (χ0) is 15.9. The molecule has 1 saturated heterocycles. The van der Waals surface area contributed by atoms with Crippen LogP contribution in [-0.4, -0.2) is 48.7 Å². The van der Waals surface area contributed by atoms with Crippen LogP contribution in [0.25, 0.3) is 0 Å². The molecule has 1 aromatic carbocycles. The molecule has 0 bridgehead atoms. The number of aliphatic hydroxyl groups excluding tert-OH is 1. The largest absolute Gasteiger partial charge is 0.395 e. The van der Waals surface area contributed by atoms with Gasteiger partial charge in [-0.05, 0) is 56.1 Å². The van der Waals surface area contributed by atoms with Crippen molar-refractivity contribution in [1.29, 1.82) is 0 Å². The van der Waals surface area contributed by atoms with E-state index in [9.17, 15) is 9.18 Å². The average molecular weight is 309 g/mol. The maximum absolute atomic E-state index is 13.0. The number of aliphatic hydroxyl groups is 1. The second kappa shape index (κ2) is 8.22. The summed E-state index contributed by atoms with van der Waals surface area (Å²) in [6, 6.07) is 5.25. The molecule has 0 aromatic heterocycles. The first kappa shape index (κ1) is 16.9. The van der Waals surface area contributed by atoms with Gasteiger partial charge < -0.3 is 21.1 Å². The summed E-state index contributed by atoms with van der Waals surface area (Å²) in [4.78, 5) is 13.9. The summed E-state index contributed by atoms with van der Waals surface area (Å²) in [5.41, 5.74) is 6.14. The van der Waals surface area contributed by atoms with Crippen LogP contribution in [0, 0.1) is 11.7 Å². The molecule has 4 N–H and O–H groups in total. The van der Waals surface area contributed by atoms with Crippen molar-refractivity contribution in [2.24, 2.45) is 11.7 Å². The maximum atomic E-state index is 13.0. The van der Waals surface area contributed by atoms with E-state index in [1.54, 1.807) is 12.1 Å². The van der Waals surface area contributed by atoms with Crippen LogP contribution < -0.4 is 11.1 Å². The van der Waals surface area contributed by atoms with Gasteiger partial charge >= 0.3 is 0 Å². The summed E-state index contributed by atoms with van der Waals surface area (Å²) in [5, 5.41) is 12.1. The first-order chi connectivity index (χ1) is 10.6. The highest BCUT2D eigenvalue weighted by molar-refractivity contribution is 5.81. The molecule has 1 aromatic rings. The van der Waals surface area contributed by atoms with Gasteiger partial charge in [0.2, 0.25) is 5.91 Å². The van der Waals surface area contributed by atoms with Gasteiger partial charge in [-0.15, -0.1) is 0 Å². The number of nitrogens with two attached hydrogens (primary N) is 1. The number of β-amino-alcohol motifs (C(OH)–C–C–N with tert-alkyl or cyclic N) is 1. The van der Waals surface area contributed by atoms with E-state index < -0.39 is 11.9 Å². The molecule has 1 heterocycles. The molecule has 5 nitrogen and oxygen atoms in total. The van der Waals surface area contributed by atoms with Gasteiger partial charge in [-0.3, -0.25) is 4.79 Å². The number of rotatable bonds is 7. The lowest BCUT2D eigenvalue weighted by Gasteiger charge is -2.32. The smallest absolute Gasteiger partial charge is 0.239 e. The second-order valence-corrected chi connectivity index (χ2v) is 5.80. The molecule has 0 spiro atoms. The maximum Gasteiger partial charge on any atom is 0.239 e. The molecule has 22 heavy (non-hydrogen) atoms. The number of likely N-dealkylation sites (tertiary alicyclic amines) is 1. The molecule has 0 saturated carbocycles. The molecule has 2 rings (SSSR count). The van der Waals surface area contributed by atoms with Gasteiger partial charge in [0.1, 0.15) is 11.9 Å². The average Bonchev–Trinajstić information content (AvgIpc) is 2.51. The lowest BCUT2D eigenvalue weighted by molar-refractivity contribution is -0.120. The highest BCUT2D eigenvalue weighted by Gasteiger charge is 2.22. The number of hydrogen-bond donors (Lipinski definition) is 3. The van der Waals surface area contributed by atoms with E-state index in [0.29, 0.717) is 18.0 Å². The van der Waals surface area contributed by atoms with E-state index in [2.05, 4.69) is 10.2 Å². The van der Waals surface area contributed by atoms with Crippen molar-refractivity contribution in [3.63, 3.8) is 0 Å². The number of benzene rings is 1. The Morgan fingerprint density at radius 3 is 2.55 bits per heavy atom. The van der Waals surface area contributed by atoms with Gasteiger partial charge in [-0.1, -0.05) is 12.1 Å². The first-order valence-electron chi connectivity index (χ1n) is 7.71. The van der Waals surface area contributed by atoms with E-state index in [1.165, 1.54) is 12.1 Å². The van der Waals surface area contributed by atoms with Gasteiger partial charge in [-0.2, -0.15) is 0 Å².